The van der Waals surface area contributed by atoms with Gasteiger partial charge in [-0.1, -0.05) is 0 Å². The Kier molecular flexibility index (Phi) is 3.51. The maximum absolute atomic E-state index is 12.9. The number of nitrogens with zero attached hydrogens (tertiary/aromatic N) is 5. The van der Waals surface area contributed by atoms with Crippen LogP contribution >= 0.6 is 0 Å². The fourth-order valence-corrected chi connectivity index (χ4v) is 3.25. The number of hydrogen-bond acceptors (Lipinski definition) is 4. The topological polar surface area (TPSA) is 83.3 Å². The Morgan fingerprint density at radius 2 is 1.79 bits per heavy atom. The summed E-state index contributed by atoms with van der Waals surface area (Å²) in [5.41, 5.74) is 1.55. The highest BCUT2D eigenvalue weighted by molar-refractivity contribution is 5.78. The first-order valence-corrected chi connectivity index (χ1v) is 7.85. The third-order valence-corrected chi connectivity index (χ3v) is 4.46. The SMILES string of the molecule is CC(=O)Cn1c(=O)c2c(nc3n(C(C)C)c(C)c(C)n23)n(C)c1=O. The van der Waals surface area contributed by atoms with E-state index in [2.05, 4.69) is 4.98 Å². The molecule has 3 aromatic heterocycles. The van der Waals surface area contributed by atoms with Gasteiger partial charge in [0.05, 0.1) is 6.54 Å². The van der Waals surface area contributed by atoms with Crippen LogP contribution < -0.4 is 11.2 Å². The molecule has 0 bridgehead atoms. The minimum atomic E-state index is -0.533. The third-order valence-electron chi connectivity index (χ3n) is 4.46. The molecule has 0 aromatic carbocycles. The number of carbonyl (C=O) groups excluding carboxylic acids is 1. The Hall–Kier alpha value is -2.64. The molecular formula is C16H21N5O3. The minimum Gasteiger partial charge on any atom is -0.311 e. The highest BCUT2D eigenvalue weighted by atomic mass is 16.2. The van der Waals surface area contributed by atoms with Crippen LogP contribution in [0.1, 0.15) is 38.2 Å². The van der Waals surface area contributed by atoms with Gasteiger partial charge < -0.3 is 4.57 Å². The number of hydrogen-bond donors (Lipinski definition) is 0. The van der Waals surface area contributed by atoms with E-state index in [1.807, 2.05) is 32.3 Å². The molecule has 0 N–H and O–H groups in total. The van der Waals surface area contributed by atoms with Crippen LogP contribution in [-0.4, -0.2) is 28.9 Å². The zero-order chi connectivity index (χ0) is 17.9. The zero-order valence-corrected chi connectivity index (χ0v) is 14.7. The third kappa shape index (κ3) is 1.98. The number of aromatic nitrogens is 5. The molecule has 0 aliphatic rings. The lowest BCUT2D eigenvalue weighted by molar-refractivity contribution is -0.117. The number of Topliss-reactive ketones (excluding diaryl/α,β-unsaturated/α-hetero) is 1. The Morgan fingerprint density at radius 3 is 2.33 bits per heavy atom. The minimum absolute atomic E-state index is 0.162. The lowest BCUT2D eigenvalue weighted by Crippen LogP contribution is -2.40. The van der Waals surface area contributed by atoms with Crippen molar-refractivity contribution in [2.75, 3.05) is 0 Å². The number of ketones is 1. The van der Waals surface area contributed by atoms with Crippen LogP contribution in [0.15, 0.2) is 9.59 Å². The predicted octanol–water partition coefficient (Wildman–Crippen LogP) is 0.936. The lowest BCUT2D eigenvalue weighted by Gasteiger charge is -2.09. The highest BCUT2D eigenvalue weighted by Crippen LogP contribution is 2.23. The first-order valence-electron chi connectivity index (χ1n) is 7.85. The van der Waals surface area contributed by atoms with Crippen LogP contribution in [0, 0.1) is 13.8 Å². The van der Waals surface area contributed by atoms with Gasteiger partial charge in [0.2, 0.25) is 5.78 Å². The Bertz CT molecular complexity index is 1110. The first kappa shape index (κ1) is 16.2. The molecule has 0 radical (unpaired) electrons. The molecule has 0 unspecified atom stereocenters. The molecule has 0 atom stereocenters. The van der Waals surface area contributed by atoms with Gasteiger partial charge in [-0.3, -0.25) is 23.1 Å². The molecule has 3 heterocycles. The summed E-state index contributed by atoms with van der Waals surface area (Å²) < 4.78 is 6.12. The molecule has 24 heavy (non-hydrogen) atoms. The van der Waals surface area contributed by atoms with E-state index in [0.29, 0.717) is 16.9 Å². The molecular weight excluding hydrogens is 310 g/mol. The fourth-order valence-electron chi connectivity index (χ4n) is 3.25. The van der Waals surface area contributed by atoms with Crippen LogP contribution in [0.25, 0.3) is 16.9 Å². The molecule has 0 saturated carbocycles. The van der Waals surface area contributed by atoms with Crippen LogP contribution in [0.2, 0.25) is 0 Å². The van der Waals surface area contributed by atoms with Crippen LogP contribution in [0.4, 0.5) is 0 Å². The van der Waals surface area contributed by atoms with Crippen molar-refractivity contribution in [3.8, 4) is 0 Å². The van der Waals surface area contributed by atoms with Crippen molar-refractivity contribution in [1.82, 2.24) is 23.1 Å². The molecule has 0 saturated heterocycles. The first-order chi connectivity index (χ1) is 11.2. The number of fused-ring (bicyclic) bond motifs is 3. The molecule has 3 aromatic rings. The maximum Gasteiger partial charge on any atom is 0.332 e. The molecule has 8 nitrogen and oxygen atoms in total. The summed E-state index contributed by atoms with van der Waals surface area (Å²) in [6, 6.07) is 0.162. The summed E-state index contributed by atoms with van der Waals surface area (Å²) in [6.07, 6.45) is 0. The van der Waals surface area contributed by atoms with E-state index in [1.54, 1.807) is 11.4 Å². The molecule has 3 rings (SSSR count). The van der Waals surface area contributed by atoms with Crippen molar-refractivity contribution in [3.63, 3.8) is 0 Å². The Balaban J connectivity index is 2.59. The molecule has 8 heteroatoms. The molecule has 0 aliphatic carbocycles. The number of carbonyl (C=O) groups is 1. The molecule has 0 aliphatic heterocycles. The standard InChI is InChI=1S/C16H21N5O3/c1-8(2)20-10(4)11(5)21-12-13(17-15(20)21)18(6)16(24)19(14(12)23)7-9(3)22/h8H,7H2,1-6H3. The monoisotopic (exact) mass is 331 g/mol. The van der Waals surface area contributed by atoms with Crippen molar-refractivity contribution in [2.45, 2.75) is 47.2 Å². The van der Waals surface area contributed by atoms with Gasteiger partial charge in [0, 0.05) is 24.5 Å². The predicted molar refractivity (Wildman–Crippen MR) is 90.7 cm³/mol. The second kappa shape index (κ2) is 5.19. The maximum atomic E-state index is 12.9. The van der Waals surface area contributed by atoms with Crippen LogP contribution in [0.5, 0.6) is 0 Å². The zero-order valence-electron chi connectivity index (χ0n) is 14.7. The highest BCUT2D eigenvalue weighted by Gasteiger charge is 2.23. The second-order valence-corrected chi connectivity index (χ2v) is 6.49. The second-order valence-electron chi connectivity index (χ2n) is 6.49. The van der Waals surface area contributed by atoms with Gasteiger partial charge in [0.25, 0.3) is 5.56 Å². The van der Waals surface area contributed by atoms with E-state index < -0.39 is 11.2 Å². The van der Waals surface area contributed by atoms with Gasteiger partial charge in [-0.05, 0) is 34.6 Å². The van der Waals surface area contributed by atoms with Crippen molar-refractivity contribution < 1.29 is 4.79 Å². The smallest absolute Gasteiger partial charge is 0.311 e. The summed E-state index contributed by atoms with van der Waals surface area (Å²) in [7, 11) is 1.56. The fraction of sp³-hybridized carbons (Fsp3) is 0.500. The summed E-state index contributed by atoms with van der Waals surface area (Å²) >= 11 is 0. The summed E-state index contributed by atoms with van der Waals surface area (Å²) in [6.45, 7) is 9.09. The van der Waals surface area contributed by atoms with Gasteiger partial charge in [0.1, 0.15) is 5.78 Å². The van der Waals surface area contributed by atoms with Gasteiger partial charge >= 0.3 is 5.69 Å². The quantitative estimate of drug-likeness (QED) is 0.715. The molecule has 0 fully saturated rings. The van der Waals surface area contributed by atoms with E-state index in [1.165, 1.54) is 11.5 Å². The number of rotatable bonds is 3. The molecule has 0 amide bonds. The van der Waals surface area contributed by atoms with Gasteiger partial charge in [-0.25, -0.2) is 4.79 Å². The largest absolute Gasteiger partial charge is 0.332 e. The van der Waals surface area contributed by atoms with Crippen LogP contribution in [-0.2, 0) is 18.4 Å². The summed E-state index contributed by atoms with van der Waals surface area (Å²) in [5, 5.41) is 0. The Morgan fingerprint density at radius 1 is 1.17 bits per heavy atom. The van der Waals surface area contributed by atoms with Crippen molar-refractivity contribution in [1.29, 1.82) is 0 Å². The van der Waals surface area contributed by atoms with E-state index in [0.717, 1.165) is 16.0 Å². The number of aryl methyl sites for hydroxylation is 2. The normalized spacial score (nSPS) is 12.0. The average Bonchev–Trinajstić information content (AvgIpc) is 2.98. The van der Waals surface area contributed by atoms with E-state index in [4.69, 9.17) is 0 Å². The van der Waals surface area contributed by atoms with Crippen molar-refractivity contribution >= 4 is 22.7 Å². The van der Waals surface area contributed by atoms with Crippen molar-refractivity contribution in [3.05, 3.63) is 32.2 Å². The average molecular weight is 331 g/mol. The Labute approximate surface area is 137 Å². The number of imidazole rings is 2. The van der Waals surface area contributed by atoms with Crippen LogP contribution in [0.3, 0.4) is 0 Å². The van der Waals surface area contributed by atoms with Gasteiger partial charge in [0.15, 0.2) is 11.2 Å². The molecule has 128 valence electrons. The lowest BCUT2D eigenvalue weighted by atomic mass is 10.3. The van der Waals surface area contributed by atoms with E-state index in [-0.39, 0.29) is 18.4 Å². The van der Waals surface area contributed by atoms with Crippen molar-refractivity contribution in [2.24, 2.45) is 7.05 Å². The summed E-state index contributed by atoms with van der Waals surface area (Å²) in [5.74, 6) is 0.379. The van der Waals surface area contributed by atoms with Gasteiger partial charge in [-0.2, -0.15) is 4.98 Å². The van der Waals surface area contributed by atoms with Gasteiger partial charge in [-0.15, -0.1) is 0 Å². The molecule has 0 spiro atoms. The van der Waals surface area contributed by atoms with E-state index in [9.17, 15) is 14.4 Å². The summed E-state index contributed by atoms with van der Waals surface area (Å²) in [4.78, 5) is 41.3. The van der Waals surface area contributed by atoms with E-state index >= 15 is 0 Å².